The summed E-state index contributed by atoms with van der Waals surface area (Å²) >= 11 is 0. The molecule has 4 rings (SSSR count). The van der Waals surface area contributed by atoms with Crippen LogP contribution in [0.1, 0.15) is 35.0 Å². The highest BCUT2D eigenvalue weighted by atomic mass is 16.5. The maximum Gasteiger partial charge on any atom is 0.356 e. The molecule has 1 unspecified atom stereocenters. The van der Waals surface area contributed by atoms with Crippen LogP contribution in [-0.4, -0.2) is 55.4 Å². The zero-order valence-corrected chi connectivity index (χ0v) is 23.4. The Hall–Kier alpha value is -4.37. The van der Waals surface area contributed by atoms with Crippen molar-refractivity contribution in [1.29, 1.82) is 0 Å². The van der Waals surface area contributed by atoms with Gasteiger partial charge in [-0.15, -0.1) is 0 Å². The zero-order valence-electron chi connectivity index (χ0n) is 23.4. The van der Waals surface area contributed by atoms with E-state index in [1.165, 1.54) is 7.11 Å². The molecule has 9 nitrogen and oxygen atoms in total. The van der Waals surface area contributed by atoms with Gasteiger partial charge in [0, 0.05) is 31.5 Å². The first-order chi connectivity index (χ1) is 19.4. The summed E-state index contributed by atoms with van der Waals surface area (Å²) in [6.07, 6.45) is 3.34. The van der Waals surface area contributed by atoms with Gasteiger partial charge in [-0.3, -0.25) is 4.79 Å². The fourth-order valence-corrected chi connectivity index (χ4v) is 4.73. The lowest BCUT2D eigenvalue weighted by molar-refractivity contribution is -0.116. The highest BCUT2D eigenvalue weighted by molar-refractivity contribution is 6.11. The van der Waals surface area contributed by atoms with E-state index >= 15 is 0 Å². The van der Waals surface area contributed by atoms with Gasteiger partial charge in [-0.05, 0) is 49.1 Å². The van der Waals surface area contributed by atoms with Crippen molar-refractivity contribution >= 4 is 34.3 Å². The van der Waals surface area contributed by atoms with Gasteiger partial charge in [-0.1, -0.05) is 42.5 Å². The number of carbonyl (C=O) groups excluding carboxylic acids is 2. The summed E-state index contributed by atoms with van der Waals surface area (Å²) in [5.74, 6) is 0.0473. The molecule has 0 saturated carbocycles. The fraction of sp³-hybridized carbons (Fsp3) is 0.323. The summed E-state index contributed by atoms with van der Waals surface area (Å²) in [4.78, 5) is 30.8. The smallest absolute Gasteiger partial charge is 0.356 e. The molecule has 0 spiro atoms. The van der Waals surface area contributed by atoms with Crippen molar-refractivity contribution in [2.75, 3.05) is 38.6 Å². The van der Waals surface area contributed by atoms with Crippen molar-refractivity contribution in [3.05, 3.63) is 83.7 Å². The van der Waals surface area contributed by atoms with Gasteiger partial charge in [0.1, 0.15) is 11.4 Å². The lowest BCUT2D eigenvalue weighted by atomic mass is 10.1. The Morgan fingerprint density at radius 1 is 1.00 bits per heavy atom. The van der Waals surface area contributed by atoms with Crippen molar-refractivity contribution in [2.45, 2.75) is 38.8 Å². The normalized spacial score (nSPS) is 11.7. The first-order valence-electron chi connectivity index (χ1n) is 13.3. The number of hydrogen-bond acceptors (Lipinski definition) is 7. The molecule has 0 fully saturated rings. The maximum absolute atomic E-state index is 13.1. The van der Waals surface area contributed by atoms with Crippen molar-refractivity contribution in [3.8, 4) is 5.75 Å². The number of esters is 1. The summed E-state index contributed by atoms with van der Waals surface area (Å²) in [7, 11) is 4.57. The van der Waals surface area contributed by atoms with E-state index < -0.39 is 5.97 Å². The highest BCUT2D eigenvalue weighted by Crippen LogP contribution is 2.33. The number of fused-ring (bicyclic) bond motifs is 1. The van der Waals surface area contributed by atoms with Gasteiger partial charge in [-0.25, -0.2) is 9.78 Å². The number of benzene rings is 2. The minimum absolute atomic E-state index is 0.0749. The molecule has 1 atom stereocenters. The number of anilines is 2. The number of pyridine rings is 1. The average molecular weight is 545 g/mol. The molecule has 2 aromatic carbocycles. The van der Waals surface area contributed by atoms with Crippen LogP contribution in [0.4, 0.5) is 11.4 Å². The first-order valence-corrected chi connectivity index (χ1v) is 13.3. The van der Waals surface area contributed by atoms with Crippen LogP contribution in [0.5, 0.6) is 5.75 Å². The SMILES string of the molecule is COCCn1c(C(=O)OC)c(NC(=O)CCc2ccccc2)c2cc(NC(C)Cc3cccc(OC)c3)cnc21. The number of nitrogens with zero attached hydrogens (tertiary/aromatic N) is 2. The molecule has 40 heavy (non-hydrogen) atoms. The number of carbonyl (C=O) groups is 2. The molecule has 0 saturated heterocycles. The number of rotatable bonds is 13. The zero-order chi connectivity index (χ0) is 28.5. The summed E-state index contributed by atoms with van der Waals surface area (Å²) in [6.45, 7) is 2.80. The molecule has 0 radical (unpaired) electrons. The van der Waals surface area contributed by atoms with Crippen LogP contribution >= 0.6 is 0 Å². The Balaban J connectivity index is 1.64. The van der Waals surface area contributed by atoms with E-state index in [0.29, 0.717) is 36.3 Å². The molecule has 4 aromatic rings. The average Bonchev–Trinajstić information content (AvgIpc) is 3.27. The van der Waals surface area contributed by atoms with Gasteiger partial charge >= 0.3 is 5.97 Å². The molecule has 1 amide bonds. The van der Waals surface area contributed by atoms with Crippen LogP contribution in [0.3, 0.4) is 0 Å². The van der Waals surface area contributed by atoms with E-state index in [9.17, 15) is 9.59 Å². The van der Waals surface area contributed by atoms with E-state index in [-0.39, 0.29) is 24.1 Å². The third-order valence-electron chi connectivity index (χ3n) is 6.63. The number of amides is 1. The summed E-state index contributed by atoms with van der Waals surface area (Å²) < 4.78 is 17.5. The van der Waals surface area contributed by atoms with Crippen LogP contribution in [-0.2, 0) is 33.7 Å². The van der Waals surface area contributed by atoms with E-state index in [1.807, 2.05) is 54.6 Å². The van der Waals surface area contributed by atoms with Crippen LogP contribution in [0.2, 0.25) is 0 Å². The van der Waals surface area contributed by atoms with Crippen molar-refractivity contribution in [1.82, 2.24) is 9.55 Å². The predicted octanol–water partition coefficient (Wildman–Crippen LogP) is 5.09. The highest BCUT2D eigenvalue weighted by Gasteiger charge is 2.26. The molecule has 2 N–H and O–H groups in total. The quantitative estimate of drug-likeness (QED) is 0.226. The van der Waals surface area contributed by atoms with E-state index in [4.69, 9.17) is 14.2 Å². The maximum atomic E-state index is 13.1. The monoisotopic (exact) mass is 544 g/mol. The summed E-state index contributed by atoms with van der Waals surface area (Å²) in [5, 5.41) is 7.12. The third-order valence-corrected chi connectivity index (χ3v) is 6.63. The van der Waals surface area contributed by atoms with E-state index in [1.54, 1.807) is 25.0 Å². The topological polar surface area (TPSA) is 104 Å². The Bertz CT molecular complexity index is 1450. The second-order valence-electron chi connectivity index (χ2n) is 9.59. The molecule has 0 aliphatic rings. The van der Waals surface area contributed by atoms with Gasteiger partial charge in [-0.2, -0.15) is 0 Å². The Morgan fingerprint density at radius 3 is 2.50 bits per heavy atom. The van der Waals surface area contributed by atoms with Crippen LogP contribution < -0.4 is 15.4 Å². The van der Waals surface area contributed by atoms with Gasteiger partial charge in [0.05, 0.1) is 38.4 Å². The standard InChI is InChI=1S/C31H36N4O5/c1-21(17-23-11-8-12-25(18-23)39-3)33-24-19-26-28(34-27(36)14-13-22-9-6-5-7-10-22)29(31(37)40-4)35(15-16-38-2)30(26)32-20-24/h5-12,18-21,33H,13-17H2,1-4H3,(H,34,36). The molecule has 0 aliphatic heterocycles. The second kappa shape index (κ2) is 13.6. The molecular weight excluding hydrogens is 508 g/mol. The van der Waals surface area contributed by atoms with Crippen molar-refractivity contribution in [2.24, 2.45) is 0 Å². The third kappa shape index (κ3) is 6.98. The van der Waals surface area contributed by atoms with Crippen LogP contribution in [0.15, 0.2) is 66.9 Å². The van der Waals surface area contributed by atoms with E-state index in [2.05, 4.69) is 28.6 Å². The largest absolute Gasteiger partial charge is 0.497 e. The number of ether oxygens (including phenoxy) is 3. The van der Waals surface area contributed by atoms with Crippen LogP contribution in [0, 0.1) is 0 Å². The Kier molecular flexibility index (Phi) is 9.75. The van der Waals surface area contributed by atoms with Gasteiger partial charge in [0.2, 0.25) is 5.91 Å². The Labute approximate surface area is 234 Å². The minimum Gasteiger partial charge on any atom is -0.497 e. The molecule has 2 aromatic heterocycles. The number of aryl methyl sites for hydroxylation is 1. The molecule has 0 aliphatic carbocycles. The Morgan fingerprint density at radius 2 is 1.77 bits per heavy atom. The lowest BCUT2D eigenvalue weighted by Crippen LogP contribution is -2.18. The number of nitrogens with one attached hydrogen (secondary N) is 2. The van der Waals surface area contributed by atoms with Gasteiger partial charge < -0.3 is 29.4 Å². The number of methoxy groups -OCH3 is 3. The molecule has 0 bridgehead atoms. The minimum atomic E-state index is -0.562. The van der Waals surface area contributed by atoms with Gasteiger partial charge in [0.25, 0.3) is 0 Å². The fourth-order valence-electron chi connectivity index (χ4n) is 4.73. The lowest BCUT2D eigenvalue weighted by Gasteiger charge is -2.16. The number of hydrogen-bond donors (Lipinski definition) is 2. The first kappa shape index (κ1) is 28.6. The summed E-state index contributed by atoms with van der Waals surface area (Å²) in [6, 6.07) is 19.8. The molecule has 2 heterocycles. The van der Waals surface area contributed by atoms with Gasteiger partial charge in [0.15, 0.2) is 5.69 Å². The van der Waals surface area contributed by atoms with E-state index in [0.717, 1.165) is 29.0 Å². The van der Waals surface area contributed by atoms with Crippen molar-refractivity contribution in [3.63, 3.8) is 0 Å². The number of aromatic nitrogens is 2. The second-order valence-corrected chi connectivity index (χ2v) is 9.59. The molecule has 210 valence electrons. The predicted molar refractivity (Wildman–Crippen MR) is 156 cm³/mol. The molecular formula is C31H36N4O5. The summed E-state index contributed by atoms with van der Waals surface area (Å²) in [5.41, 5.74) is 4.14. The van der Waals surface area contributed by atoms with Crippen LogP contribution in [0.25, 0.3) is 11.0 Å². The van der Waals surface area contributed by atoms with Crippen molar-refractivity contribution < 1.29 is 23.8 Å². The molecule has 9 heteroatoms.